The molecule has 0 radical (unpaired) electrons. The van der Waals surface area contributed by atoms with E-state index in [1.165, 1.54) is 0 Å². The number of unbranched alkanes of at least 4 members (excludes halogenated alkanes) is 2. The van der Waals surface area contributed by atoms with E-state index >= 15 is 0 Å². The SMILES string of the molecule is CCCCCc1ccccc1OC(=O)NCC1(C)CC(NC(=O)O)CC(C)(C)C1. The number of carbonyl (C=O) groups excluding carboxylic acids is 1. The Bertz CT molecular complexity index is 704. The van der Waals surface area contributed by atoms with Gasteiger partial charge in [0.05, 0.1) is 0 Å². The molecule has 1 aromatic carbocycles. The standard InChI is InChI=1S/C23H36N2O4/c1-5-6-7-10-17-11-8-9-12-19(17)29-21(28)24-16-23(4)14-18(25-20(26)27)13-22(2,3)15-23/h8-9,11-12,18,25H,5-7,10,13-16H2,1-4H3,(H,24,28)(H,26,27). The number of hydrogen-bond donors (Lipinski definition) is 3. The Morgan fingerprint density at radius 3 is 2.59 bits per heavy atom. The van der Waals surface area contributed by atoms with Gasteiger partial charge in [0, 0.05) is 12.6 Å². The Kier molecular flexibility index (Phi) is 7.94. The third-order valence-corrected chi connectivity index (χ3v) is 5.66. The minimum absolute atomic E-state index is 0.00240. The third-order valence-electron chi connectivity index (χ3n) is 5.66. The Morgan fingerprint density at radius 1 is 1.17 bits per heavy atom. The van der Waals surface area contributed by atoms with Crippen LogP contribution in [0.1, 0.15) is 71.8 Å². The highest BCUT2D eigenvalue weighted by atomic mass is 16.6. The molecule has 0 heterocycles. The van der Waals surface area contributed by atoms with E-state index in [2.05, 4.69) is 38.3 Å². The second-order valence-corrected chi connectivity index (χ2v) is 9.51. The van der Waals surface area contributed by atoms with Crippen molar-refractivity contribution in [3.05, 3.63) is 29.8 Å². The molecule has 1 saturated carbocycles. The zero-order chi connectivity index (χ0) is 21.5. The molecule has 6 nitrogen and oxygen atoms in total. The minimum Gasteiger partial charge on any atom is -0.465 e. The fraction of sp³-hybridized carbons (Fsp3) is 0.652. The summed E-state index contributed by atoms with van der Waals surface area (Å²) in [4.78, 5) is 23.5. The lowest BCUT2D eigenvalue weighted by atomic mass is 9.62. The van der Waals surface area contributed by atoms with Crippen molar-refractivity contribution in [2.75, 3.05) is 6.54 Å². The number of carboxylic acid groups (broad SMARTS) is 1. The van der Waals surface area contributed by atoms with Crippen LogP contribution in [-0.4, -0.2) is 29.9 Å². The lowest BCUT2D eigenvalue weighted by Crippen LogP contribution is -2.50. The first-order chi connectivity index (χ1) is 13.6. The van der Waals surface area contributed by atoms with Gasteiger partial charge in [0.15, 0.2) is 0 Å². The molecule has 3 N–H and O–H groups in total. The third kappa shape index (κ3) is 7.59. The van der Waals surface area contributed by atoms with Crippen molar-refractivity contribution in [3.63, 3.8) is 0 Å². The van der Waals surface area contributed by atoms with Crippen LogP contribution >= 0.6 is 0 Å². The number of benzene rings is 1. The predicted molar refractivity (Wildman–Crippen MR) is 114 cm³/mol. The van der Waals surface area contributed by atoms with Crippen LogP contribution in [-0.2, 0) is 6.42 Å². The molecule has 0 spiro atoms. The predicted octanol–water partition coefficient (Wildman–Crippen LogP) is 5.36. The Balaban J connectivity index is 1.95. The quantitative estimate of drug-likeness (QED) is 0.509. The number of rotatable bonds is 8. The van der Waals surface area contributed by atoms with Crippen LogP contribution in [0, 0.1) is 10.8 Å². The molecule has 0 aromatic heterocycles. The van der Waals surface area contributed by atoms with Crippen molar-refractivity contribution < 1.29 is 19.4 Å². The van der Waals surface area contributed by atoms with E-state index in [0.29, 0.717) is 18.7 Å². The first-order valence-electron chi connectivity index (χ1n) is 10.7. The normalized spacial score (nSPS) is 23.2. The molecule has 0 saturated heterocycles. The van der Waals surface area contributed by atoms with Crippen molar-refractivity contribution in [3.8, 4) is 5.75 Å². The first-order valence-corrected chi connectivity index (χ1v) is 10.7. The molecule has 1 aliphatic carbocycles. The Morgan fingerprint density at radius 2 is 1.90 bits per heavy atom. The molecule has 2 rings (SSSR count). The van der Waals surface area contributed by atoms with Crippen molar-refractivity contribution in [2.45, 2.75) is 78.7 Å². The van der Waals surface area contributed by atoms with E-state index in [0.717, 1.165) is 44.1 Å². The number of nitrogens with one attached hydrogen (secondary N) is 2. The maximum absolute atomic E-state index is 12.5. The molecule has 2 atom stereocenters. The molecular formula is C23H36N2O4. The number of ether oxygens (including phenoxy) is 1. The van der Waals surface area contributed by atoms with Crippen molar-refractivity contribution in [1.82, 2.24) is 10.6 Å². The van der Waals surface area contributed by atoms with Crippen LogP contribution in [0.5, 0.6) is 5.75 Å². The van der Waals surface area contributed by atoms with Crippen molar-refractivity contribution in [1.29, 1.82) is 0 Å². The van der Waals surface area contributed by atoms with Gasteiger partial charge in [0.2, 0.25) is 0 Å². The summed E-state index contributed by atoms with van der Waals surface area (Å²) in [6.45, 7) is 9.01. The molecule has 0 bridgehead atoms. The van der Waals surface area contributed by atoms with Gasteiger partial charge in [-0.15, -0.1) is 0 Å². The van der Waals surface area contributed by atoms with Gasteiger partial charge in [-0.3, -0.25) is 0 Å². The van der Waals surface area contributed by atoms with E-state index < -0.39 is 12.2 Å². The summed E-state index contributed by atoms with van der Waals surface area (Å²) in [6.07, 6.45) is 5.21. The first kappa shape index (κ1) is 23.0. The summed E-state index contributed by atoms with van der Waals surface area (Å²) in [6, 6.07) is 7.56. The van der Waals surface area contributed by atoms with E-state index in [1.54, 1.807) is 0 Å². The van der Waals surface area contributed by atoms with E-state index in [4.69, 9.17) is 9.84 Å². The summed E-state index contributed by atoms with van der Waals surface area (Å²) in [7, 11) is 0. The summed E-state index contributed by atoms with van der Waals surface area (Å²) in [5.41, 5.74) is 0.846. The zero-order valence-electron chi connectivity index (χ0n) is 18.2. The van der Waals surface area contributed by atoms with E-state index in [1.807, 2.05) is 24.3 Å². The second kappa shape index (κ2) is 9.99. The van der Waals surface area contributed by atoms with Crippen LogP contribution in [0.2, 0.25) is 0 Å². The molecular weight excluding hydrogens is 368 g/mol. The number of carbonyl (C=O) groups is 2. The maximum atomic E-state index is 12.5. The van der Waals surface area contributed by atoms with Crippen LogP contribution in [0.4, 0.5) is 9.59 Å². The molecule has 162 valence electrons. The molecule has 29 heavy (non-hydrogen) atoms. The average Bonchev–Trinajstić information content (AvgIpc) is 2.59. The highest BCUT2D eigenvalue weighted by Gasteiger charge is 2.42. The number of para-hydroxylation sites is 1. The van der Waals surface area contributed by atoms with Gasteiger partial charge in [0.25, 0.3) is 0 Å². The molecule has 2 amide bonds. The number of hydrogen-bond acceptors (Lipinski definition) is 3. The maximum Gasteiger partial charge on any atom is 0.412 e. The molecule has 1 aliphatic rings. The summed E-state index contributed by atoms with van der Waals surface area (Å²) in [5, 5.41) is 14.6. The molecule has 2 unspecified atom stereocenters. The summed E-state index contributed by atoms with van der Waals surface area (Å²) >= 11 is 0. The lowest BCUT2D eigenvalue weighted by Gasteiger charge is -2.46. The van der Waals surface area contributed by atoms with E-state index in [9.17, 15) is 9.59 Å². The summed E-state index contributed by atoms with van der Waals surface area (Å²) in [5.74, 6) is 0.612. The van der Waals surface area contributed by atoms with Crippen molar-refractivity contribution in [2.24, 2.45) is 10.8 Å². The van der Waals surface area contributed by atoms with Crippen molar-refractivity contribution >= 4 is 12.2 Å². The van der Waals surface area contributed by atoms with Gasteiger partial charge in [-0.25, -0.2) is 9.59 Å². The monoisotopic (exact) mass is 404 g/mol. The van der Waals surface area contributed by atoms with Crippen LogP contribution in [0.25, 0.3) is 0 Å². The summed E-state index contributed by atoms with van der Waals surface area (Å²) < 4.78 is 5.60. The van der Waals surface area contributed by atoms with Crippen LogP contribution in [0.15, 0.2) is 24.3 Å². The fourth-order valence-electron chi connectivity index (χ4n) is 4.84. The van der Waals surface area contributed by atoms with E-state index in [-0.39, 0.29) is 16.9 Å². The van der Waals surface area contributed by atoms with Gasteiger partial charge in [-0.05, 0) is 54.6 Å². The topological polar surface area (TPSA) is 87.7 Å². The average molecular weight is 405 g/mol. The minimum atomic E-state index is -0.998. The molecule has 0 aliphatic heterocycles. The lowest BCUT2D eigenvalue weighted by molar-refractivity contribution is 0.0695. The number of amides is 2. The molecule has 1 fully saturated rings. The van der Waals surface area contributed by atoms with Gasteiger partial charge in [0.1, 0.15) is 5.75 Å². The second-order valence-electron chi connectivity index (χ2n) is 9.51. The Hall–Kier alpha value is -2.24. The zero-order valence-corrected chi connectivity index (χ0v) is 18.2. The smallest absolute Gasteiger partial charge is 0.412 e. The largest absolute Gasteiger partial charge is 0.465 e. The highest BCUT2D eigenvalue weighted by molar-refractivity contribution is 5.70. The molecule has 6 heteroatoms. The number of aryl methyl sites for hydroxylation is 1. The van der Waals surface area contributed by atoms with Gasteiger partial charge in [-0.2, -0.15) is 0 Å². The molecule has 1 aromatic rings. The highest BCUT2D eigenvalue weighted by Crippen LogP contribution is 2.45. The Labute approximate surface area is 174 Å². The fourth-order valence-corrected chi connectivity index (χ4v) is 4.84. The van der Waals surface area contributed by atoms with Gasteiger partial charge >= 0.3 is 12.2 Å². The van der Waals surface area contributed by atoms with Gasteiger partial charge in [-0.1, -0.05) is 58.7 Å². The van der Waals surface area contributed by atoms with Gasteiger partial charge < -0.3 is 20.5 Å². The van der Waals surface area contributed by atoms with Crippen LogP contribution < -0.4 is 15.4 Å². The van der Waals surface area contributed by atoms with Crippen LogP contribution in [0.3, 0.4) is 0 Å².